The first-order chi connectivity index (χ1) is 15.3. The summed E-state index contributed by atoms with van der Waals surface area (Å²) in [5.74, 6) is 0.285. The summed E-state index contributed by atoms with van der Waals surface area (Å²) in [7, 11) is 0. The van der Waals surface area contributed by atoms with Crippen LogP contribution in [-0.2, 0) is 11.0 Å². The topological polar surface area (TPSA) is 69.0 Å². The number of ether oxygens (including phenoxy) is 1. The largest absolute Gasteiger partial charge is 0.463 e. The van der Waals surface area contributed by atoms with Crippen molar-refractivity contribution in [3.63, 3.8) is 0 Å². The van der Waals surface area contributed by atoms with Gasteiger partial charge in [0.25, 0.3) is 0 Å². The van der Waals surface area contributed by atoms with Crippen molar-refractivity contribution in [2.75, 3.05) is 11.9 Å². The van der Waals surface area contributed by atoms with Crippen LogP contribution < -0.4 is 10.1 Å². The van der Waals surface area contributed by atoms with Crippen LogP contribution in [0.3, 0.4) is 0 Å². The average molecular weight is 444 g/mol. The van der Waals surface area contributed by atoms with Gasteiger partial charge in [-0.2, -0.15) is 18.2 Å². The molecule has 1 heterocycles. The summed E-state index contributed by atoms with van der Waals surface area (Å²) < 4.78 is 46.4. The van der Waals surface area contributed by atoms with E-state index >= 15 is 0 Å². The Balaban J connectivity index is 1.64. The third-order valence-electron chi connectivity index (χ3n) is 5.41. The number of carbonyl (C=O) groups excluding carboxylic acids is 1. The Morgan fingerprint density at radius 3 is 2.53 bits per heavy atom. The molecule has 0 atom stereocenters. The second-order valence-electron chi connectivity index (χ2n) is 7.66. The van der Waals surface area contributed by atoms with Gasteiger partial charge in [0.1, 0.15) is 0 Å². The Hall–Kier alpha value is -3.36. The molecule has 0 bridgehead atoms. The quantitative estimate of drug-likeness (QED) is 0.547. The first-order valence-corrected chi connectivity index (χ1v) is 10.5. The first-order valence-electron chi connectivity index (χ1n) is 10.5. The molecule has 1 fully saturated rings. The molecule has 0 aliphatic heterocycles. The number of nitrogens with one attached hydrogen (secondary N) is 1. The van der Waals surface area contributed by atoms with Crippen LogP contribution in [0.4, 0.5) is 18.9 Å². The van der Waals surface area contributed by atoms with Crippen molar-refractivity contribution >= 4 is 11.6 Å². The molecule has 168 valence electrons. The van der Waals surface area contributed by atoms with Crippen molar-refractivity contribution in [3.8, 4) is 23.1 Å². The SMILES string of the molecule is CCOc1nc(-c2cccc(C(F)(F)F)c2)n(-c2ccc(NC(=O)C3CCCC3)cc2)n1. The molecular formula is C23H23F3N4O2. The summed E-state index contributed by atoms with van der Waals surface area (Å²) in [6.45, 7) is 2.09. The number of carbonyl (C=O) groups is 1. The maximum atomic E-state index is 13.2. The van der Waals surface area contributed by atoms with Crippen LogP contribution in [0.2, 0.25) is 0 Å². The third kappa shape index (κ3) is 4.76. The smallest absolute Gasteiger partial charge is 0.416 e. The Bertz CT molecular complexity index is 1090. The van der Waals surface area contributed by atoms with E-state index in [4.69, 9.17) is 4.74 Å². The minimum atomic E-state index is -4.47. The fraction of sp³-hybridized carbons (Fsp3) is 0.348. The number of aromatic nitrogens is 3. The van der Waals surface area contributed by atoms with Crippen LogP contribution in [-0.4, -0.2) is 27.3 Å². The molecule has 0 saturated heterocycles. The molecule has 1 amide bonds. The highest BCUT2D eigenvalue weighted by Gasteiger charge is 2.31. The maximum absolute atomic E-state index is 13.2. The van der Waals surface area contributed by atoms with Crippen LogP contribution >= 0.6 is 0 Å². The number of nitrogens with zero attached hydrogens (tertiary/aromatic N) is 3. The summed E-state index contributed by atoms with van der Waals surface area (Å²) >= 11 is 0. The summed E-state index contributed by atoms with van der Waals surface area (Å²) in [6.07, 6.45) is -0.511. The van der Waals surface area contributed by atoms with Gasteiger partial charge >= 0.3 is 12.2 Å². The zero-order valence-corrected chi connectivity index (χ0v) is 17.5. The second kappa shape index (κ2) is 9.02. The minimum Gasteiger partial charge on any atom is -0.463 e. The van der Waals surface area contributed by atoms with Crippen LogP contribution in [0.15, 0.2) is 48.5 Å². The molecule has 32 heavy (non-hydrogen) atoms. The zero-order valence-electron chi connectivity index (χ0n) is 17.5. The van der Waals surface area contributed by atoms with Gasteiger partial charge in [0.05, 0.1) is 17.9 Å². The van der Waals surface area contributed by atoms with Gasteiger partial charge in [0.2, 0.25) is 5.91 Å². The van der Waals surface area contributed by atoms with Crippen molar-refractivity contribution in [1.82, 2.24) is 14.8 Å². The van der Waals surface area contributed by atoms with E-state index in [1.54, 1.807) is 37.3 Å². The molecule has 3 aromatic rings. The molecule has 0 spiro atoms. The van der Waals surface area contributed by atoms with E-state index in [1.165, 1.54) is 10.7 Å². The lowest BCUT2D eigenvalue weighted by molar-refractivity contribution is -0.137. The Labute approximate surface area is 183 Å². The monoisotopic (exact) mass is 444 g/mol. The molecule has 1 aromatic heterocycles. The summed E-state index contributed by atoms with van der Waals surface area (Å²) in [6, 6.07) is 11.9. The summed E-state index contributed by atoms with van der Waals surface area (Å²) in [4.78, 5) is 16.6. The fourth-order valence-corrected chi connectivity index (χ4v) is 3.80. The maximum Gasteiger partial charge on any atom is 0.416 e. The van der Waals surface area contributed by atoms with E-state index in [-0.39, 0.29) is 29.2 Å². The highest BCUT2D eigenvalue weighted by molar-refractivity contribution is 5.92. The lowest BCUT2D eigenvalue weighted by Crippen LogP contribution is -2.20. The van der Waals surface area contributed by atoms with Crippen molar-refractivity contribution in [3.05, 3.63) is 54.1 Å². The highest BCUT2D eigenvalue weighted by atomic mass is 19.4. The van der Waals surface area contributed by atoms with Crippen LogP contribution in [0.25, 0.3) is 17.1 Å². The number of amides is 1. The van der Waals surface area contributed by atoms with Gasteiger partial charge in [0.15, 0.2) is 5.82 Å². The third-order valence-corrected chi connectivity index (χ3v) is 5.41. The van der Waals surface area contributed by atoms with E-state index in [1.807, 2.05) is 0 Å². The first kappa shape index (κ1) is 21.9. The molecular weight excluding hydrogens is 421 g/mol. The number of halogens is 3. The lowest BCUT2D eigenvalue weighted by atomic mass is 10.1. The molecule has 1 aliphatic carbocycles. The van der Waals surface area contributed by atoms with Gasteiger partial charge in [-0.1, -0.05) is 25.0 Å². The number of alkyl halides is 3. The molecule has 0 unspecified atom stereocenters. The van der Waals surface area contributed by atoms with Crippen molar-refractivity contribution in [1.29, 1.82) is 0 Å². The number of anilines is 1. The summed E-state index contributed by atoms with van der Waals surface area (Å²) in [5.41, 5.74) is 0.718. The predicted molar refractivity (Wildman–Crippen MR) is 114 cm³/mol. The number of benzene rings is 2. The molecule has 1 N–H and O–H groups in total. The van der Waals surface area contributed by atoms with Crippen molar-refractivity contribution < 1.29 is 22.7 Å². The minimum absolute atomic E-state index is 0.0132. The standard InChI is InChI=1S/C23H23F3N4O2/c1-2-32-22-28-20(16-8-5-9-17(14-16)23(24,25)26)30(29-22)19-12-10-18(11-13-19)27-21(31)15-6-3-4-7-15/h5,8-15H,2-4,6-7H2,1H3,(H,27,31). The van der Waals surface area contributed by atoms with Gasteiger partial charge in [-0.15, -0.1) is 5.10 Å². The molecule has 2 aromatic carbocycles. The van der Waals surface area contributed by atoms with Crippen molar-refractivity contribution in [2.45, 2.75) is 38.8 Å². The molecule has 1 aliphatic rings. The lowest BCUT2D eigenvalue weighted by Gasteiger charge is -2.12. The summed E-state index contributed by atoms with van der Waals surface area (Å²) in [5, 5.41) is 7.23. The normalized spacial score (nSPS) is 14.5. The Morgan fingerprint density at radius 2 is 1.88 bits per heavy atom. The van der Waals surface area contributed by atoms with Crippen molar-refractivity contribution in [2.24, 2.45) is 5.92 Å². The Kier molecular flexibility index (Phi) is 6.16. The van der Waals surface area contributed by atoms with E-state index in [2.05, 4.69) is 15.4 Å². The van der Waals surface area contributed by atoms with Gasteiger partial charge in [-0.3, -0.25) is 4.79 Å². The highest BCUT2D eigenvalue weighted by Crippen LogP contribution is 2.33. The van der Waals surface area contributed by atoms with Crippen LogP contribution in [0.5, 0.6) is 6.01 Å². The Morgan fingerprint density at radius 1 is 1.16 bits per heavy atom. The number of rotatable bonds is 6. The van der Waals surface area contributed by atoms with Gasteiger partial charge in [0, 0.05) is 17.2 Å². The average Bonchev–Trinajstić information content (AvgIpc) is 3.45. The van der Waals surface area contributed by atoms with Crippen LogP contribution in [0.1, 0.15) is 38.2 Å². The van der Waals surface area contributed by atoms with Gasteiger partial charge < -0.3 is 10.1 Å². The molecule has 1 saturated carbocycles. The molecule has 0 radical (unpaired) electrons. The van der Waals surface area contributed by atoms with E-state index in [0.29, 0.717) is 18.0 Å². The van der Waals surface area contributed by atoms with E-state index in [0.717, 1.165) is 37.8 Å². The zero-order chi connectivity index (χ0) is 22.7. The van der Waals surface area contributed by atoms with Gasteiger partial charge in [-0.25, -0.2) is 4.68 Å². The second-order valence-corrected chi connectivity index (χ2v) is 7.66. The van der Waals surface area contributed by atoms with Gasteiger partial charge in [-0.05, 0) is 56.2 Å². The fourth-order valence-electron chi connectivity index (χ4n) is 3.80. The van der Waals surface area contributed by atoms with E-state index in [9.17, 15) is 18.0 Å². The predicted octanol–water partition coefficient (Wildman–Crippen LogP) is 5.48. The number of hydrogen-bond donors (Lipinski definition) is 1. The molecule has 9 heteroatoms. The number of hydrogen-bond acceptors (Lipinski definition) is 4. The molecule has 4 rings (SSSR count). The van der Waals surface area contributed by atoms with Crippen LogP contribution in [0, 0.1) is 5.92 Å². The molecule has 6 nitrogen and oxygen atoms in total. The van der Waals surface area contributed by atoms with E-state index < -0.39 is 11.7 Å².